The number of esters is 1. The Balaban J connectivity index is -0.000000405. The fourth-order valence-electron chi connectivity index (χ4n) is 0.330. The third-order valence-corrected chi connectivity index (χ3v) is 0.649. The van der Waals surface area contributed by atoms with Gasteiger partial charge in [-0.1, -0.05) is 0 Å². The van der Waals surface area contributed by atoms with Crippen LogP contribution in [-0.4, -0.2) is 23.7 Å². The number of carbonyl (C=O) groups is 2. The molecule has 4 nitrogen and oxygen atoms in total. The zero-order chi connectivity index (χ0) is 7.98. The number of carboxylic acids is 1. The van der Waals surface area contributed by atoms with Crippen molar-refractivity contribution in [2.24, 2.45) is 0 Å². The van der Waals surface area contributed by atoms with Crippen molar-refractivity contribution in [3.8, 4) is 0 Å². The Bertz CT molecular complexity index is 169. The molecule has 11 heavy (non-hydrogen) atoms. The smallest absolute Gasteiger partial charge is 1.00 e. The van der Waals surface area contributed by atoms with E-state index in [1.807, 2.05) is 0 Å². The number of hydrogen-bond donors (Lipinski definition) is 1. The molecule has 0 amide bonds. The monoisotopic (exact) mass is 184 g/mol. The van der Waals surface area contributed by atoms with E-state index in [0.717, 1.165) is 12.2 Å². The molecule has 0 fully saturated rings. The Labute approximate surface area is 109 Å². The van der Waals surface area contributed by atoms with Gasteiger partial charge in [-0.2, -0.15) is 0 Å². The SMILES string of the molecule is CCOC(=O)/C=C\C(=O)O.[H-].[K+]. The molecule has 58 valence electrons. The largest absolute Gasteiger partial charge is 1.00 e. The molecule has 0 aliphatic heterocycles. The van der Waals surface area contributed by atoms with Crippen molar-refractivity contribution >= 4 is 11.9 Å². The summed E-state index contributed by atoms with van der Waals surface area (Å²) in [5.74, 6) is -1.79. The fraction of sp³-hybridized carbons (Fsp3) is 0.333. The average molecular weight is 184 g/mol. The molecule has 0 saturated heterocycles. The first-order valence-corrected chi connectivity index (χ1v) is 2.74. The van der Waals surface area contributed by atoms with Gasteiger partial charge in [0.1, 0.15) is 0 Å². The molecule has 0 aliphatic rings. The second kappa shape index (κ2) is 8.41. The van der Waals surface area contributed by atoms with Crippen LogP contribution in [0.25, 0.3) is 0 Å². The van der Waals surface area contributed by atoms with Crippen molar-refractivity contribution in [2.75, 3.05) is 6.61 Å². The fourth-order valence-corrected chi connectivity index (χ4v) is 0.330. The molecule has 0 aromatic heterocycles. The van der Waals surface area contributed by atoms with E-state index >= 15 is 0 Å². The van der Waals surface area contributed by atoms with Crippen LogP contribution < -0.4 is 51.4 Å². The predicted molar refractivity (Wildman–Crippen MR) is 34.5 cm³/mol. The number of rotatable bonds is 3. The summed E-state index contributed by atoms with van der Waals surface area (Å²) in [6, 6.07) is 0. The van der Waals surface area contributed by atoms with E-state index in [9.17, 15) is 9.59 Å². The van der Waals surface area contributed by atoms with E-state index in [1.165, 1.54) is 0 Å². The molecular formula is C6H9KO4. The molecule has 5 heteroatoms. The van der Waals surface area contributed by atoms with E-state index in [0.29, 0.717) is 0 Å². The van der Waals surface area contributed by atoms with Crippen LogP contribution in [0.1, 0.15) is 8.35 Å². The molecule has 0 aromatic rings. The zero-order valence-electron chi connectivity index (χ0n) is 7.53. The summed E-state index contributed by atoms with van der Waals surface area (Å²) in [6.07, 6.45) is 1.60. The summed E-state index contributed by atoms with van der Waals surface area (Å²) in [7, 11) is 0. The van der Waals surface area contributed by atoms with E-state index < -0.39 is 11.9 Å². The summed E-state index contributed by atoms with van der Waals surface area (Å²) in [4.78, 5) is 20.2. The number of aliphatic carboxylic acids is 1. The Morgan fingerprint density at radius 2 is 2.09 bits per heavy atom. The summed E-state index contributed by atoms with van der Waals surface area (Å²) < 4.78 is 4.40. The maximum atomic E-state index is 10.4. The normalized spacial score (nSPS) is 8.82. The second-order valence-corrected chi connectivity index (χ2v) is 1.42. The van der Waals surface area contributed by atoms with Crippen LogP contribution in [0.5, 0.6) is 0 Å². The molecule has 1 N–H and O–H groups in total. The maximum Gasteiger partial charge on any atom is 1.00 e. The van der Waals surface area contributed by atoms with Crippen molar-refractivity contribution in [3.63, 3.8) is 0 Å². The maximum absolute atomic E-state index is 10.4. The minimum Gasteiger partial charge on any atom is -1.00 e. The van der Waals surface area contributed by atoms with Gasteiger partial charge in [0.05, 0.1) is 6.61 Å². The number of carbonyl (C=O) groups excluding carboxylic acids is 1. The molecule has 0 radical (unpaired) electrons. The van der Waals surface area contributed by atoms with Gasteiger partial charge in [-0.15, -0.1) is 0 Å². The van der Waals surface area contributed by atoms with Crippen LogP contribution in [-0.2, 0) is 14.3 Å². The molecular weight excluding hydrogens is 175 g/mol. The van der Waals surface area contributed by atoms with Crippen molar-refractivity contribution in [1.82, 2.24) is 0 Å². The first-order valence-electron chi connectivity index (χ1n) is 2.74. The summed E-state index contributed by atoms with van der Waals surface area (Å²) in [5.41, 5.74) is 0. The molecule has 0 saturated carbocycles. The Hall–Kier alpha value is 0.316. The van der Waals surface area contributed by atoms with Gasteiger partial charge >= 0.3 is 63.3 Å². The Kier molecular flexibility index (Phi) is 10.6. The molecule has 0 rings (SSSR count). The summed E-state index contributed by atoms with van der Waals surface area (Å²) in [5, 5.41) is 8.04. The second-order valence-electron chi connectivity index (χ2n) is 1.42. The van der Waals surface area contributed by atoms with E-state index in [2.05, 4.69) is 4.74 Å². The molecule has 0 bridgehead atoms. The van der Waals surface area contributed by atoms with Crippen LogP contribution in [0.4, 0.5) is 0 Å². The van der Waals surface area contributed by atoms with Crippen LogP contribution in [0.3, 0.4) is 0 Å². The van der Waals surface area contributed by atoms with Gasteiger partial charge in [0.15, 0.2) is 0 Å². The van der Waals surface area contributed by atoms with Crippen LogP contribution in [0.2, 0.25) is 0 Å². The minimum atomic E-state index is -1.16. The molecule has 0 aromatic carbocycles. The van der Waals surface area contributed by atoms with Gasteiger partial charge in [0.2, 0.25) is 0 Å². The number of ether oxygens (including phenoxy) is 1. The quantitative estimate of drug-likeness (QED) is 0.295. The summed E-state index contributed by atoms with van der Waals surface area (Å²) >= 11 is 0. The molecule has 0 aliphatic carbocycles. The third kappa shape index (κ3) is 10.3. The third-order valence-electron chi connectivity index (χ3n) is 0.649. The van der Waals surface area contributed by atoms with Gasteiger partial charge in [0.25, 0.3) is 0 Å². The number of hydrogen-bond acceptors (Lipinski definition) is 3. The standard InChI is InChI=1S/C6H8O4.K.H/c1-2-10-6(9)4-3-5(7)8;;/h3-4H,2H2,1H3,(H,7,8);;/q;+1;-1/b4-3-;;. The minimum absolute atomic E-state index is 0. The average Bonchev–Trinajstić information content (AvgIpc) is 1.85. The topological polar surface area (TPSA) is 63.6 Å². The zero-order valence-corrected chi connectivity index (χ0v) is 9.66. The van der Waals surface area contributed by atoms with Crippen LogP contribution >= 0.6 is 0 Å². The number of carboxylic acid groups (broad SMARTS) is 1. The van der Waals surface area contributed by atoms with Crippen LogP contribution in [0, 0.1) is 0 Å². The van der Waals surface area contributed by atoms with Gasteiger partial charge in [-0.05, 0) is 6.92 Å². The predicted octanol–water partition coefficient (Wildman–Crippen LogP) is -2.69. The molecule has 0 spiro atoms. The van der Waals surface area contributed by atoms with Gasteiger partial charge in [-0.3, -0.25) is 0 Å². The van der Waals surface area contributed by atoms with Crippen molar-refractivity contribution in [1.29, 1.82) is 0 Å². The first-order chi connectivity index (χ1) is 4.66. The molecule has 0 unspecified atom stereocenters. The molecule has 0 heterocycles. The van der Waals surface area contributed by atoms with E-state index in [-0.39, 0.29) is 59.4 Å². The van der Waals surface area contributed by atoms with Gasteiger partial charge in [-0.25, -0.2) is 9.59 Å². The van der Waals surface area contributed by atoms with Crippen LogP contribution in [0.15, 0.2) is 12.2 Å². The first kappa shape index (κ1) is 13.9. The van der Waals surface area contributed by atoms with Gasteiger partial charge < -0.3 is 11.3 Å². The van der Waals surface area contributed by atoms with Crippen molar-refractivity contribution in [2.45, 2.75) is 6.92 Å². The van der Waals surface area contributed by atoms with Gasteiger partial charge in [0, 0.05) is 12.2 Å². The summed E-state index contributed by atoms with van der Waals surface area (Å²) in [6.45, 7) is 1.90. The Morgan fingerprint density at radius 3 is 2.45 bits per heavy atom. The molecule has 0 atom stereocenters. The van der Waals surface area contributed by atoms with E-state index in [1.54, 1.807) is 6.92 Å². The van der Waals surface area contributed by atoms with Crippen molar-refractivity contribution in [3.05, 3.63) is 12.2 Å². The Morgan fingerprint density at radius 1 is 1.55 bits per heavy atom. The van der Waals surface area contributed by atoms with Crippen molar-refractivity contribution < 1.29 is 72.2 Å². The van der Waals surface area contributed by atoms with E-state index in [4.69, 9.17) is 5.11 Å².